The van der Waals surface area contributed by atoms with Crippen molar-refractivity contribution in [3.63, 3.8) is 0 Å². The normalized spacial score (nSPS) is 11.8. The van der Waals surface area contributed by atoms with Crippen molar-refractivity contribution >= 4 is 82.9 Å². The lowest BCUT2D eigenvalue weighted by Gasteiger charge is -2.29. The maximum atomic E-state index is 6.96. The molecule has 0 unspecified atom stereocenters. The molecule has 3 heterocycles. The van der Waals surface area contributed by atoms with E-state index >= 15 is 0 Å². The SMILES string of the molecule is c1ccc(-c2ccc(-c3ccccc3N(c3ccc(-c4ccccc4)cc3)c3cc4oc5ccc6oc7ccccc7c6c5c4c4oc5ccccc5c34)cc2)cc1. The molecule has 0 atom stereocenters. The first-order valence-electron chi connectivity index (χ1n) is 19.6. The number of hydrogen-bond donors (Lipinski definition) is 0. The molecule has 0 N–H and O–H groups in total. The van der Waals surface area contributed by atoms with Gasteiger partial charge in [-0.1, -0.05) is 152 Å². The van der Waals surface area contributed by atoms with Gasteiger partial charge in [0.15, 0.2) is 0 Å². The van der Waals surface area contributed by atoms with E-state index in [4.69, 9.17) is 13.3 Å². The van der Waals surface area contributed by atoms with E-state index in [0.717, 1.165) is 99.6 Å². The summed E-state index contributed by atoms with van der Waals surface area (Å²) in [6.45, 7) is 0. The summed E-state index contributed by atoms with van der Waals surface area (Å²) in [5.41, 5.74) is 14.7. The first kappa shape index (κ1) is 32.4. The van der Waals surface area contributed by atoms with Gasteiger partial charge in [0.1, 0.15) is 33.5 Å². The van der Waals surface area contributed by atoms with Crippen LogP contribution >= 0.6 is 0 Å². The van der Waals surface area contributed by atoms with Gasteiger partial charge in [-0.2, -0.15) is 0 Å². The molecule has 0 saturated carbocycles. The number of fused-ring (bicyclic) bond motifs is 11. The summed E-state index contributed by atoms with van der Waals surface area (Å²) in [6.07, 6.45) is 0. The van der Waals surface area contributed by atoms with Crippen molar-refractivity contribution < 1.29 is 13.3 Å². The van der Waals surface area contributed by atoms with Crippen molar-refractivity contribution in [2.24, 2.45) is 0 Å². The molecule has 272 valence electrons. The molecule has 9 aromatic carbocycles. The first-order valence-corrected chi connectivity index (χ1v) is 19.6. The summed E-state index contributed by atoms with van der Waals surface area (Å²) >= 11 is 0. The number of nitrogens with zero attached hydrogens (tertiary/aromatic N) is 1. The fraction of sp³-hybridized carbons (Fsp3) is 0. The Labute approximate surface area is 333 Å². The lowest BCUT2D eigenvalue weighted by Crippen LogP contribution is -2.11. The van der Waals surface area contributed by atoms with Crippen LogP contribution in [0, 0.1) is 0 Å². The zero-order valence-corrected chi connectivity index (χ0v) is 31.2. The van der Waals surface area contributed by atoms with E-state index in [1.807, 2.05) is 30.3 Å². The molecule has 0 bridgehead atoms. The molecule has 0 aliphatic heterocycles. The molecular weight excluding hydrogens is 711 g/mol. The van der Waals surface area contributed by atoms with Crippen molar-refractivity contribution in [1.82, 2.24) is 0 Å². The van der Waals surface area contributed by atoms with Crippen LogP contribution in [0.15, 0.2) is 213 Å². The smallest absolute Gasteiger partial charge is 0.149 e. The highest BCUT2D eigenvalue weighted by molar-refractivity contribution is 6.33. The molecule has 4 heteroatoms. The van der Waals surface area contributed by atoms with Crippen molar-refractivity contribution in [1.29, 1.82) is 0 Å². The second-order valence-corrected chi connectivity index (χ2v) is 14.8. The maximum Gasteiger partial charge on any atom is 0.149 e. The minimum absolute atomic E-state index is 0.741. The molecule has 0 saturated heterocycles. The zero-order chi connectivity index (χ0) is 38.2. The Balaban J connectivity index is 1.15. The fourth-order valence-electron chi connectivity index (χ4n) is 8.83. The summed E-state index contributed by atoms with van der Waals surface area (Å²) in [6, 6.07) is 70.2. The summed E-state index contributed by atoms with van der Waals surface area (Å²) in [7, 11) is 0. The van der Waals surface area contributed by atoms with E-state index < -0.39 is 0 Å². The molecular formula is C54H33NO3. The summed E-state index contributed by atoms with van der Waals surface area (Å²) in [5, 5.41) is 6.04. The van der Waals surface area contributed by atoms with E-state index in [-0.39, 0.29) is 0 Å². The van der Waals surface area contributed by atoms with Gasteiger partial charge in [-0.3, -0.25) is 0 Å². The molecule has 4 nitrogen and oxygen atoms in total. The second kappa shape index (κ2) is 12.9. The standard InChI is InChI=1S/C54H33NO3/c1-3-13-34(14-4-1)36-23-25-38(26-24-36)40-17-7-10-20-43(40)55(39-29-27-37(28-30-39)35-15-5-2-6-16-35)44-33-49-53(54-50(44)41-18-8-12-22-46(41)58-54)52-48(57-49)32-31-47-51(52)42-19-9-11-21-45(42)56-47/h1-33H. The lowest BCUT2D eigenvalue weighted by atomic mass is 9.97. The van der Waals surface area contributed by atoms with E-state index in [9.17, 15) is 0 Å². The van der Waals surface area contributed by atoms with E-state index in [0.29, 0.717) is 0 Å². The first-order chi connectivity index (χ1) is 28.8. The quantitative estimate of drug-likeness (QED) is 0.170. The van der Waals surface area contributed by atoms with Crippen molar-refractivity contribution in [2.75, 3.05) is 4.90 Å². The Morgan fingerprint density at radius 3 is 1.48 bits per heavy atom. The Hall–Kier alpha value is -7.82. The third-order valence-corrected chi connectivity index (χ3v) is 11.5. The van der Waals surface area contributed by atoms with Gasteiger partial charge in [0.25, 0.3) is 0 Å². The van der Waals surface area contributed by atoms with Crippen LogP contribution in [0.1, 0.15) is 0 Å². The summed E-state index contributed by atoms with van der Waals surface area (Å²) in [4.78, 5) is 2.37. The topological polar surface area (TPSA) is 42.7 Å². The molecule has 3 aromatic heterocycles. The second-order valence-electron chi connectivity index (χ2n) is 14.8. The van der Waals surface area contributed by atoms with Crippen LogP contribution in [0.5, 0.6) is 0 Å². The molecule has 0 aliphatic carbocycles. The average Bonchev–Trinajstić information content (AvgIpc) is 3.99. The number of anilines is 3. The highest BCUT2D eigenvalue weighted by Crippen LogP contribution is 2.51. The van der Waals surface area contributed by atoms with Gasteiger partial charge in [-0.25, -0.2) is 0 Å². The maximum absolute atomic E-state index is 6.96. The Morgan fingerprint density at radius 1 is 0.293 bits per heavy atom. The van der Waals surface area contributed by atoms with Crippen molar-refractivity contribution in [3.05, 3.63) is 200 Å². The summed E-state index contributed by atoms with van der Waals surface area (Å²) in [5.74, 6) is 0. The number of para-hydroxylation sites is 3. The molecule has 12 rings (SSSR count). The van der Waals surface area contributed by atoms with Crippen molar-refractivity contribution in [3.8, 4) is 33.4 Å². The van der Waals surface area contributed by atoms with Gasteiger partial charge in [0.05, 0.1) is 22.1 Å². The van der Waals surface area contributed by atoms with Crippen LogP contribution in [0.25, 0.3) is 99.2 Å². The summed E-state index contributed by atoms with van der Waals surface area (Å²) < 4.78 is 20.2. The van der Waals surface area contributed by atoms with E-state index in [1.165, 1.54) is 16.7 Å². The van der Waals surface area contributed by atoms with Gasteiger partial charge >= 0.3 is 0 Å². The highest BCUT2D eigenvalue weighted by Gasteiger charge is 2.27. The van der Waals surface area contributed by atoms with Crippen LogP contribution < -0.4 is 4.90 Å². The minimum Gasteiger partial charge on any atom is -0.456 e. The third kappa shape index (κ3) is 5.02. The molecule has 0 aliphatic rings. The molecule has 0 amide bonds. The largest absolute Gasteiger partial charge is 0.456 e. The Bertz CT molecular complexity index is 3480. The monoisotopic (exact) mass is 743 g/mol. The zero-order valence-electron chi connectivity index (χ0n) is 31.2. The fourth-order valence-corrected chi connectivity index (χ4v) is 8.83. The number of rotatable bonds is 6. The van der Waals surface area contributed by atoms with Crippen LogP contribution in [-0.4, -0.2) is 0 Å². The number of benzene rings is 9. The predicted molar refractivity (Wildman–Crippen MR) is 239 cm³/mol. The van der Waals surface area contributed by atoms with Gasteiger partial charge < -0.3 is 18.2 Å². The van der Waals surface area contributed by atoms with Crippen LogP contribution in [0.2, 0.25) is 0 Å². The molecule has 0 spiro atoms. The van der Waals surface area contributed by atoms with Gasteiger partial charge in [0, 0.05) is 38.9 Å². The Morgan fingerprint density at radius 2 is 0.793 bits per heavy atom. The van der Waals surface area contributed by atoms with Crippen LogP contribution in [-0.2, 0) is 0 Å². The van der Waals surface area contributed by atoms with Gasteiger partial charge in [-0.05, 0) is 70.3 Å². The Kier molecular flexibility index (Phi) is 7.20. The minimum atomic E-state index is 0.741. The molecule has 12 aromatic rings. The van der Waals surface area contributed by atoms with Gasteiger partial charge in [-0.15, -0.1) is 0 Å². The third-order valence-electron chi connectivity index (χ3n) is 11.5. The van der Waals surface area contributed by atoms with E-state index in [2.05, 4.69) is 175 Å². The van der Waals surface area contributed by atoms with Gasteiger partial charge in [0.2, 0.25) is 0 Å². The average molecular weight is 744 g/mol. The predicted octanol–water partition coefficient (Wildman–Crippen LogP) is 15.9. The molecule has 0 fully saturated rings. The van der Waals surface area contributed by atoms with E-state index in [1.54, 1.807) is 0 Å². The van der Waals surface area contributed by atoms with Crippen LogP contribution in [0.4, 0.5) is 17.1 Å². The lowest BCUT2D eigenvalue weighted by molar-refractivity contribution is 0.660. The highest BCUT2D eigenvalue weighted by atomic mass is 16.3. The van der Waals surface area contributed by atoms with Crippen molar-refractivity contribution in [2.45, 2.75) is 0 Å². The number of furan rings is 3. The van der Waals surface area contributed by atoms with Crippen LogP contribution in [0.3, 0.4) is 0 Å². The molecule has 0 radical (unpaired) electrons. The number of hydrogen-bond acceptors (Lipinski definition) is 4. The molecule has 58 heavy (non-hydrogen) atoms.